The highest BCUT2D eigenvalue weighted by Gasteiger charge is 2.22. The molecule has 0 bridgehead atoms. The van der Waals surface area contributed by atoms with Crippen molar-refractivity contribution in [1.82, 2.24) is 5.32 Å². The molecule has 5 nitrogen and oxygen atoms in total. The van der Waals surface area contributed by atoms with Crippen LogP contribution in [0.4, 0.5) is 5.69 Å². The number of rotatable bonds is 3. The Labute approximate surface area is 112 Å². The molecule has 0 aliphatic carbocycles. The van der Waals surface area contributed by atoms with E-state index in [-0.39, 0.29) is 17.5 Å². The lowest BCUT2D eigenvalue weighted by Crippen LogP contribution is -2.43. The van der Waals surface area contributed by atoms with Crippen LogP contribution in [0.5, 0.6) is 0 Å². The van der Waals surface area contributed by atoms with Crippen molar-refractivity contribution in [3.8, 4) is 0 Å². The van der Waals surface area contributed by atoms with Crippen LogP contribution in [-0.4, -0.2) is 29.6 Å². The van der Waals surface area contributed by atoms with E-state index in [0.29, 0.717) is 11.3 Å². The monoisotopic (exact) mass is 262 g/mol. The molecule has 1 heterocycles. The molecule has 0 radical (unpaired) electrons. The van der Waals surface area contributed by atoms with E-state index in [1.807, 2.05) is 0 Å². The number of hydrogen-bond acceptors (Lipinski definition) is 3. The number of hydrogen-bond donors (Lipinski definition) is 3. The second kappa shape index (κ2) is 5.84. The van der Waals surface area contributed by atoms with Gasteiger partial charge in [-0.05, 0) is 37.9 Å². The van der Waals surface area contributed by atoms with Gasteiger partial charge in [-0.25, -0.2) is 4.79 Å². The quantitative estimate of drug-likeness (QED) is 0.775. The molecule has 5 heteroatoms. The number of benzene rings is 1. The second-order valence-corrected chi connectivity index (χ2v) is 4.79. The van der Waals surface area contributed by atoms with Gasteiger partial charge in [-0.1, -0.05) is 18.6 Å². The zero-order chi connectivity index (χ0) is 13.8. The molecule has 1 fully saturated rings. The van der Waals surface area contributed by atoms with E-state index in [9.17, 15) is 14.7 Å². The summed E-state index contributed by atoms with van der Waals surface area (Å²) in [4.78, 5) is 23.3. The summed E-state index contributed by atoms with van der Waals surface area (Å²) in [5.74, 6) is -1.18. The molecular formula is C14H18N2O3. The molecule has 0 saturated carbocycles. The van der Waals surface area contributed by atoms with Crippen LogP contribution < -0.4 is 10.6 Å². The number of carbonyl (C=O) groups is 2. The standard InChI is InChI=1S/C14H18N2O3/c1-9-5-4-7-10(12(9)14(18)19)16-13(17)11-6-2-3-8-15-11/h4-5,7,11,15H,2-3,6,8H2,1H3,(H,16,17)(H,18,19). The first-order chi connectivity index (χ1) is 9.09. The largest absolute Gasteiger partial charge is 0.478 e. The summed E-state index contributed by atoms with van der Waals surface area (Å²) < 4.78 is 0. The fraction of sp³-hybridized carbons (Fsp3) is 0.429. The van der Waals surface area contributed by atoms with Crippen molar-refractivity contribution >= 4 is 17.6 Å². The van der Waals surface area contributed by atoms with Crippen LogP contribution in [0.15, 0.2) is 18.2 Å². The van der Waals surface area contributed by atoms with Crippen molar-refractivity contribution in [2.75, 3.05) is 11.9 Å². The molecule has 1 saturated heterocycles. The van der Waals surface area contributed by atoms with Gasteiger partial charge in [0.1, 0.15) is 0 Å². The molecule has 1 unspecified atom stereocenters. The van der Waals surface area contributed by atoms with E-state index < -0.39 is 5.97 Å². The van der Waals surface area contributed by atoms with Crippen LogP contribution in [0.2, 0.25) is 0 Å². The number of amides is 1. The predicted molar refractivity (Wildman–Crippen MR) is 72.4 cm³/mol. The maximum atomic E-state index is 12.1. The molecule has 0 spiro atoms. The Balaban J connectivity index is 2.16. The highest BCUT2D eigenvalue weighted by atomic mass is 16.4. The molecule has 102 valence electrons. The zero-order valence-corrected chi connectivity index (χ0v) is 10.9. The van der Waals surface area contributed by atoms with Crippen molar-refractivity contribution in [2.45, 2.75) is 32.2 Å². The molecule has 0 aromatic heterocycles. The van der Waals surface area contributed by atoms with Gasteiger partial charge < -0.3 is 15.7 Å². The number of carboxylic acid groups (broad SMARTS) is 1. The zero-order valence-electron chi connectivity index (χ0n) is 10.9. The summed E-state index contributed by atoms with van der Waals surface area (Å²) in [5, 5.41) is 15.1. The Bertz CT molecular complexity index is 493. The smallest absolute Gasteiger partial charge is 0.338 e. The van der Waals surface area contributed by atoms with Crippen LogP contribution in [0, 0.1) is 6.92 Å². The van der Waals surface area contributed by atoms with E-state index in [4.69, 9.17) is 0 Å². The number of carbonyl (C=O) groups excluding carboxylic acids is 1. The van der Waals surface area contributed by atoms with Gasteiger partial charge >= 0.3 is 5.97 Å². The Kier molecular flexibility index (Phi) is 4.16. The number of anilines is 1. The van der Waals surface area contributed by atoms with Crippen LogP contribution in [0.1, 0.15) is 35.2 Å². The van der Waals surface area contributed by atoms with Gasteiger partial charge in [0.05, 0.1) is 17.3 Å². The highest BCUT2D eigenvalue weighted by molar-refractivity contribution is 6.03. The molecule has 2 rings (SSSR count). The predicted octanol–water partition coefficient (Wildman–Crippen LogP) is 1.77. The molecule has 1 aromatic carbocycles. The first kappa shape index (κ1) is 13.5. The van der Waals surface area contributed by atoms with E-state index in [1.165, 1.54) is 0 Å². The lowest BCUT2D eigenvalue weighted by molar-refractivity contribution is -0.118. The average molecular weight is 262 g/mol. The number of piperidine rings is 1. The molecule has 1 aliphatic rings. The van der Waals surface area contributed by atoms with Crippen molar-refractivity contribution < 1.29 is 14.7 Å². The van der Waals surface area contributed by atoms with Gasteiger partial charge in [-0.2, -0.15) is 0 Å². The second-order valence-electron chi connectivity index (χ2n) is 4.79. The number of nitrogens with one attached hydrogen (secondary N) is 2. The molecule has 19 heavy (non-hydrogen) atoms. The third kappa shape index (κ3) is 3.12. The van der Waals surface area contributed by atoms with Crippen molar-refractivity contribution in [3.63, 3.8) is 0 Å². The van der Waals surface area contributed by atoms with E-state index >= 15 is 0 Å². The first-order valence-corrected chi connectivity index (χ1v) is 6.47. The van der Waals surface area contributed by atoms with Gasteiger partial charge in [0.25, 0.3) is 0 Å². The highest BCUT2D eigenvalue weighted by Crippen LogP contribution is 2.20. The maximum Gasteiger partial charge on any atom is 0.338 e. The summed E-state index contributed by atoms with van der Waals surface area (Å²) >= 11 is 0. The van der Waals surface area contributed by atoms with Crippen molar-refractivity contribution in [3.05, 3.63) is 29.3 Å². The van der Waals surface area contributed by atoms with Crippen LogP contribution >= 0.6 is 0 Å². The van der Waals surface area contributed by atoms with E-state index in [0.717, 1.165) is 25.8 Å². The fourth-order valence-corrected chi connectivity index (χ4v) is 2.35. The molecule has 3 N–H and O–H groups in total. The lowest BCUT2D eigenvalue weighted by atomic mass is 10.0. The molecule has 1 amide bonds. The number of aromatic carboxylic acids is 1. The van der Waals surface area contributed by atoms with Crippen LogP contribution in [-0.2, 0) is 4.79 Å². The fourth-order valence-electron chi connectivity index (χ4n) is 2.35. The number of carboxylic acids is 1. The molecule has 1 aliphatic heterocycles. The van der Waals surface area contributed by atoms with Gasteiger partial charge in [0, 0.05) is 0 Å². The van der Waals surface area contributed by atoms with Crippen molar-refractivity contribution in [2.24, 2.45) is 0 Å². The van der Waals surface area contributed by atoms with Gasteiger partial charge in [0.15, 0.2) is 0 Å². The van der Waals surface area contributed by atoms with Crippen LogP contribution in [0.3, 0.4) is 0 Å². The normalized spacial score (nSPS) is 18.9. The maximum absolute atomic E-state index is 12.1. The first-order valence-electron chi connectivity index (χ1n) is 6.47. The van der Waals surface area contributed by atoms with Gasteiger partial charge in [-0.3, -0.25) is 4.79 Å². The Morgan fingerprint density at radius 1 is 1.37 bits per heavy atom. The summed E-state index contributed by atoms with van der Waals surface area (Å²) in [5.41, 5.74) is 1.17. The van der Waals surface area contributed by atoms with Gasteiger partial charge in [0.2, 0.25) is 5.91 Å². The van der Waals surface area contributed by atoms with Gasteiger partial charge in [-0.15, -0.1) is 0 Å². The Morgan fingerprint density at radius 3 is 2.79 bits per heavy atom. The summed E-state index contributed by atoms with van der Waals surface area (Å²) in [6, 6.07) is 4.86. The Hall–Kier alpha value is -1.88. The van der Waals surface area contributed by atoms with E-state index in [2.05, 4.69) is 10.6 Å². The van der Waals surface area contributed by atoms with Crippen LogP contribution in [0.25, 0.3) is 0 Å². The lowest BCUT2D eigenvalue weighted by Gasteiger charge is -2.23. The molecule has 1 atom stereocenters. The summed E-state index contributed by atoms with van der Waals surface area (Å²) in [6.07, 6.45) is 2.89. The van der Waals surface area contributed by atoms with E-state index in [1.54, 1.807) is 25.1 Å². The molecule has 1 aromatic rings. The summed E-state index contributed by atoms with van der Waals surface area (Å²) in [6.45, 7) is 2.55. The minimum absolute atomic E-state index is 0.159. The third-order valence-corrected chi connectivity index (χ3v) is 3.37. The SMILES string of the molecule is Cc1cccc(NC(=O)C2CCCCN2)c1C(=O)O. The van der Waals surface area contributed by atoms with Crippen molar-refractivity contribution in [1.29, 1.82) is 0 Å². The minimum Gasteiger partial charge on any atom is -0.478 e. The Morgan fingerprint density at radius 2 is 2.16 bits per heavy atom. The average Bonchev–Trinajstić information content (AvgIpc) is 2.39. The third-order valence-electron chi connectivity index (χ3n) is 3.37. The number of aryl methyl sites for hydroxylation is 1. The topological polar surface area (TPSA) is 78.4 Å². The summed E-state index contributed by atoms with van der Waals surface area (Å²) in [7, 11) is 0. The molecular weight excluding hydrogens is 244 g/mol. The minimum atomic E-state index is -1.02.